The quantitative estimate of drug-likeness (QED) is 0.208. The summed E-state index contributed by atoms with van der Waals surface area (Å²) >= 11 is 2.22. The number of aromatic hydroxyl groups is 2. The van der Waals surface area contributed by atoms with Gasteiger partial charge in [-0.25, -0.2) is 0 Å². The maximum Gasteiger partial charge on any atom is 0.171 e. The summed E-state index contributed by atoms with van der Waals surface area (Å²) in [6.07, 6.45) is 13.5. The molecule has 0 saturated carbocycles. The van der Waals surface area contributed by atoms with Gasteiger partial charge in [0.25, 0.3) is 0 Å². The van der Waals surface area contributed by atoms with Gasteiger partial charge in [-0.2, -0.15) is 0 Å². The second-order valence-corrected chi connectivity index (χ2v) is 7.90. The SMILES string of the molecule is CCCCCc1c(O)c(O)c(I)c(CCCCC)c1CCCCC. The molecule has 24 heavy (non-hydrogen) atoms. The Morgan fingerprint density at radius 2 is 1.00 bits per heavy atom. The second-order valence-electron chi connectivity index (χ2n) is 6.82. The number of hydrogen-bond donors (Lipinski definition) is 2. The predicted molar refractivity (Wildman–Crippen MR) is 112 cm³/mol. The van der Waals surface area contributed by atoms with Crippen molar-refractivity contribution in [2.75, 3.05) is 0 Å². The zero-order valence-corrected chi connectivity index (χ0v) is 17.9. The maximum absolute atomic E-state index is 10.6. The van der Waals surface area contributed by atoms with E-state index in [2.05, 4.69) is 43.4 Å². The molecule has 0 aliphatic heterocycles. The molecule has 0 fully saturated rings. The molecule has 0 spiro atoms. The highest BCUT2D eigenvalue weighted by atomic mass is 127. The van der Waals surface area contributed by atoms with Crippen molar-refractivity contribution >= 4 is 22.6 Å². The lowest BCUT2D eigenvalue weighted by Crippen LogP contribution is -2.06. The third kappa shape index (κ3) is 6.12. The summed E-state index contributed by atoms with van der Waals surface area (Å²) in [5.41, 5.74) is 3.64. The molecule has 1 rings (SSSR count). The molecule has 0 heterocycles. The lowest BCUT2D eigenvalue weighted by atomic mass is 9.89. The number of unbranched alkanes of at least 4 members (excludes halogenated alkanes) is 6. The molecule has 0 atom stereocenters. The van der Waals surface area contributed by atoms with Crippen LogP contribution in [-0.2, 0) is 19.3 Å². The van der Waals surface area contributed by atoms with E-state index in [-0.39, 0.29) is 11.5 Å². The Labute approximate surface area is 162 Å². The molecular formula is C21H35IO2. The molecular weight excluding hydrogens is 411 g/mol. The van der Waals surface area contributed by atoms with E-state index in [9.17, 15) is 10.2 Å². The molecule has 0 aliphatic rings. The summed E-state index contributed by atoms with van der Waals surface area (Å²) < 4.78 is 0.868. The highest BCUT2D eigenvalue weighted by Crippen LogP contribution is 2.41. The van der Waals surface area contributed by atoms with Crippen molar-refractivity contribution in [2.45, 2.75) is 97.8 Å². The topological polar surface area (TPSA) is 40.5 Å². The Morgan fingerprint density at radius 3 is 1.46 bits per heavy atom. The first-order valence-electron chi connectivity index (χ1n) is 9.82. The zero-order valence-electron chi connectivity index (χ0n) is 15.8. The zero-order chi connectivity index (χ0) is 17.9. The molecule has 2 N–H and O–H groups in total. The first kappa shape index (κ1) is 21.6. The van der Waals surface area contributed by atoms with Gasteiger partial charge < -0.3 is 10.2 Å². The van der Waals surface area contributed by atoms with E-state index in [0.717, 1.165) is 41.2 Å². The molecule has 2 nitrogen and oxygen atoms in total. The van der Waals surface area contributed by atoms with Crippen molar-refractivity contribution in [3.63, 3.8) is 0 Å². The van der Waals surface area contributed by atoms with Crippen LogP contribution in [0.5, 0.6) is 11.5 Å². The van der Waals surface area contributed by atoms with Gasteiger partial charge in [0.15, 0.2) is 11.5 Å². The number of phenolic OH excluding ortho intramolecular Hbond substituents is 2. The van der Waals surface area contributed by atoms with E-state index in [4.69, 9.17) is 0 Å². The molecule has 0 bridgehead atoms. The first-order chi connectivity index (χ1) is 11.6. The van der Waals surface area contributed by atoms with Gasteiger partial charge in [-0.05, 0) is 72.2 Å². The van der Waals surface area contributed by atoms with Crippen molar-refractivity contribution in [2.24, 2.45) is 0 Å². The maximum atomic E-state index is 10.6. The monoisotopic (exact) mass is 446 g/mol. The van der Waals surface area contributed by atoms with Crippen molar-refractivity contribution in [1.29, 1.82) is 0 Å². The van der Waals surface area contributed by atoms with Gasteiger partial charge in [0.05, 0.1) is 3.57 Å². The van der Waals surface area contributed by atoms with Crippen LogP contribution in [0.15, 0.2) is 0 Å². The van der Waals surface area contributed by atoms with Crippen LogP contribution in [0.25, 0.3) is 0 Å². The minimum absolute atomic E-state index is 0.104. The van der Waals surface area contributed by atoms with Crippen LogP contribution >= 0.6 is 22.6 Å². The van der Waals surface area contributed by atoms with Crippen LogP contribution in [0, 0.1) is 3.57 Å². The molecule has 3 heteroatoms. The highest BCUT2D eigenvalue weighted by Gasteiger charge is 2.21. The first-order valence-corrected chi connectivity index (χ1v) is 10.9. The van der Waals surface area contributed by atoms with Crippen molar-refractivity contribution in [1.82, 2.24) is 0 Å². The third-order valence-corrected chi connectivity index (χ3v) is 5.96. The van der Waals surface area contributed by atoms with Gasteiger partial charge in [-0.3, -0.25) is 0 Å². The number of benzene rings is 1. The number of hydrogen-bond acceptors (Lipinski definition) is 2. The Hall–Kier alpha value is -0.450. The largest absolute Gasteiger partial charge is 0.504 e. The van der Waals surface area contributed by atoms with E-state index in [0.29, 0.717) is 0 Å². The Kier molecular flexibility index (Phi) is 10.8. The molecule has 0 saturated heterocycles. The summed E-state index contributed by atoms with van der Waals surface area (Å²) in [6, 6.07) is 0. The van der Waals surface area contributed by atoms with Gasteiger partial charge in [-0.1, -0.05) is 59.3 Å². The second kappa shape index (κ2) is 12.0. The average molecular weight is 446 g/mol. The molecule has 0 aliphatic carbocycles. The smallest absolute Gasteiger partial charge is 0.171 e. The lowest BCUT2D eigenvalue weighted by Gasteiger charge is -2.20. The van der Waals surface area contributed by atoms with Gasteiger partial charge in [0, 0.05) is 5.56 Å². The van der Waals surface area contributed by atoms with Crippen molar-refractivity contribution in [3.8, 4) is 11.5 Å². The predicted octanol–water partition coefficient (Wildman–Crippen LogP) is 6.90. The summed E-state index contributed by atoms with van der Waals surface area (Å²) in [7, 11) is 0. The fraction of sp³-hybridized carbons (Fsp3) is 0.714. The molecule has 0 radical (unpaired) electrons. The van der Waals surface area contributed by atoms with Gasteiger partial charge in [0.2, 0.25) is 0 Å². The fourth-order valence-corrected chi connectivity index (χ4v) is 4.19. The lowest BCUT2D eigenvalue weighted by molar-refractivity contribution is 0.394. The van der Waals surface area contributed by atoms with Crippen LogP contribution in [0.1, 0.15) is 95.2 Å². The van der Waals surface area contributed by atoms with Gasteiger partial charge >= 0.3 is 0 Å². The fourth-order valence-electron chi connectivity index (χ4n) is 3.33. The molecule has 0 unspecified atom stereocenters. The Morgan fingerprint density at radius 1 is 0.583 bits per heavy atom. The van der Waals surface area contributed by atoms with Gasteiger partial charge in [-0.15, -0.1) is 0 Å². The van der Waals surface area contributed by atoms with Crippen LogP contribution in [0.3, 0.4) is 0 Å². The summed E-state index contributed by atoms with van der Waals surface area (Å²) in [4.78, 5) is 0. The van der Waals surface area contributed by atoms with E-state index < -0.39 is 0 Å². The van der Waals surface area contributed by atoms with Crippen LogP contribution in [-0.4, -0.2) is 10.2 Å². The van der Waals surface area contributed by atoms with Gasteiger partial charge in [0.1, 0.15) is 0 Å². The normalized spacial score (nSPS) is 11.2. The Balaban J connectivity index is 3.19. The van der Waals surface area contributed by atoms with Crippen LogP contribution in [0.2, 0.25) is 0 Å². The number of phenols is 2. The van der Waals surface area contributed by atoms with Crippen LogP contribution in [0.4, 0.5) is 0 Å². The van der Waals surface area contributed by atoms with Crippen molar-refractivity contribution < 1.29 is 10.2 Å². The molecule has 138 valence electrons. The number of halogens is 1. The summed E-state index contributed by atoms with van der Waals surface area (Å²) in [5, 5.41) is 21.0. The molecule has 1 aromatic carbocycles. The molecule has 1 aromatic rings. The van der Waals surface area contributed by atoms with E-state index in [1.54, 1.807) is 0 Å². The highest BCUT2D eigenvalue weighted by molar-refractivity contribution is 14.1. The van der Waals surface area contributed by atoms with Crippen molar-refractivity contribution in [3.05, 3.63) is 20.3 Å². The summed E-state index contributed by atoms with van der Waals surface area (Å²) in [6.45, 7) is 6.64. The van der Waals surface area contributed by atoms with E-state index in [1.165, 1.54) is 56.1 Å². The number of rotatable bonds is 12. The third-order valence-electron chi connectivity index (χ3n) is 4.80. The minimum Gasteiger partial charge on any atom is -0.504 e. The minimum atomic E-state index is 0.104. The van der Waals surface area contributed by atoms with E-state index >= 15 is 0 Å². The van der Waals surface area contributed by atoms with Crippen LogP contribution < -0.4 is 0 Å². The standard InChI is InChI=1S/C21H35IO2/c1-4-7-10-13-16-17(14-11-8-5-2)19(22)21(24)20(23)18(16)15-12-9-6-3/h23-24H,4-15H2,1-3H3. The Bertz CT molecular complexity index is 460. The summed E-state index contributed by atoms with van der Waals surface area (Å²) in [5.74, 6) is 0.245. The van der Waals surface area contributed by atoms with E-state index in [1.807, 2.05) is 0 Å². The molecule has 0 aromatic heterocycles. The average Bonchev–Trinajstić information content (AvgIpc) is 2.58. The molecule has 0 amide bonds.